The van der Waals surface area contributed by atoms with Crippen LogP contribution in [-0.2, 0) is 4.79 Å². The molecule has 0 bridgehead atoms. The Morgan fingerprint density at radius 3 is 2.81 bits per heavy atom. The highest BCUT2D eigenvalue weighted by molar-refractivity contribution is 5.86. The summed E-state index contributed by atoms with van der Waals surface area (Å²) in [6, 6.07) is 1.86. The molecule has 5 heteroatoms. The maximum atomic E-state index is 13.5. The molecule has 2 fully saturated rings. The van der Waals surface area contributed by atoms with Crippen LogP contribution < -0.4 is 0 Å². The second-order valence-electron chi connectivity index (χ2n) is 6.27. The van der Waals surface area contributed by atoms with E-state index in [2.05, 4.69) is 4.98 Å². The van der Waals surface area contributed by atoms with Crippen molar-refractivity contribution < 1.29 is 13.6 Å². The highest BCUT2D eigenvalue weighted by Crippen LogP contribution is 2.52. The number of nitrogens with zero attached hydrogens (tertiary/aromatic N) is 2. The highest BCUT2D eigenvalue weighted by Gasteiger charge is 2.59. The minimum Gasteiger partial charge on any atom is -0.332 e. The quantitative estimate of drug-likeness (QED) is 0.855. The number of carbonyl (C=O) groups excluding carboxylic acids is 1. The van der Waals surface area contributed by atoms with Gasteiger partial charge < -0.3 is 4.90 Å². The lowest BCUT2D eigenvalue weighted by molar-refractivity contribution is -0.146. The summed E-state index contributed by atoms with van der Waals surface area (Å²) in [6.45, 7) is 3.64. The summed E-state index contributed by atoms with van der Waals surface area (Å²) in [5.41, 5.74) is 0.519. The Hall–Kier alpha value is -1.52. The zero-order valence-corrected chi connectivity index (χ0v) is 12.4. The first-order valence-corrected chi connectivity index (χ1v) is 7.52. The van der Waals surface area contributed by atoms with Crippen molar-refractivity contribution in [1.29, 1.82) is 0 Å². The van der Waals surface area contributed by atoms with E-state index in [-0.39, 0.29) is 30.8 Å². The Morgan fingerprint density at radius 2 is 2.19 bits per heavy atom. The summed E-state index contributed by atoms with van der Waals surface area (Å²) in [6.07, 6.45) is 3.06. The molecule has 1 aromatic heterocycles. The lowest BCUT2D eigenvalue weighted by atomic mass is 9.81. The van der Waals surface area contributed by atoms with Crippen LogP contribution in [0.4, 0.5) is 8.78 Å². The van der Waals surface area contributed by atoms with Crippen LogP contribution in [0, 0.1) is 12.3 Å². The Balaban J connectivity index is 1.94. The van der Waals surface area contributed by atoms with Crippen LogP contribution in [0.15, 0.2) is 18.5 Å². The molecule has 3 nitrogen and oxygen atoms in total. The van der Waals surface area contributed by atoms with E-state index < -0.39 is 11.8 Å². The van der Waals surface area contributed by atoms with E-state index in [0.29, 0.717) is 0 Å². The van der Waals surface area contributed by atoms with Crippen molar-refractivity contribution in [1.82, 2.24) is 9.88 Å². The molecule has 0 aromatic carbocycles. The zero-order chi connectivity index (χ0) is 15.2. The molecule has 0 radical (unpaired) electrons. The molecule has 0 unspecified atom stereocenters. The Labute approximate surface area is 123 Å². The fourth-order valence-electron chi connectivity index (χ4n) is 3.88. The second kappa shape index (κ2) is 5.04. The molecule has 3 heterocycles. The third-order valence-electron chi connectivity index (χ3n) is 5.09. The number of carbonyl (C=O) groups is 1. The van der Waals surface area contributed by atoms with Gasteiger partial charge in [-0.05, 0) is 43.7 Å². The average molecular weight is 294 g/mol. The number of aromatic nitrogens is 1. The molecule has 0 saturated carbocycles. The normalized spacial score (nSPS) is 32.0. The Morgan fingerprint density at radius 1 is 1.43 bits per heavy atom. The number of alkyl halides is 2. The van der Waals surface area contributed by atoms with Crippen LogP contribution in [0.25, 0.3) is 0 Å². The van der Waals surface area contributed by atoms with E-state index in [0.717, 1.165) is 24.0 Å². The minimum absolute atomic E-state index is 0.0445. The minimum atomic E-state index is -2.59. The summed E-state index contributed by atoms with van der Waals surface area (Å²) in [7, 11) is 0. The van der Waals surface area contributed by atoms with E-state index in [1.807, 2.05) is 13.0 Å². The summed E-state index contributed by atoms with van der Waals surface area (Å²) in [4.78, 5) is 18.6. The molecule has 21 heavy (non-hydrogen) atoms. The van der Waals surface area contributed by atoms with E-state index >= 15 is 0 Å². The van der Waals surface area contributed by atoms with Gasteiger partial charge in [0.15, 0.2) is 0 Å². The van der Waals surface area contributed by atoms with Gasteiger partial charge in [-0.25, -0.2) is 8.78 Å². The molecule has 3 rings (SSSR count). The van der Waals surface area contributed by atoms with E-state index in [4.69, 9.17) is 0 Å². The van der Waals surface area contributed by atoms with Crippen LogP contribution >= 0.6 is 0 Å². The van der Waals surface area contributed by atoms with Crippen LogP contribution in [-0.4, -0.2) is 28.3 Å². The lowest BCUT2D eigenvalue weighted by Gasteiger charge is -2.29. The molecular weight excluding hydrogens is 274 g/mol. The van der Waals surface area contributed by atoms with Gasteiger partial charge >= 0.3 is 0 Å². The van der Waals surface area contributed by atoms with Crippen molar-refractivity contribution in [2.75, 3.05) is 0 Å². The third kappa shape index (κ3) is 2.05. The predicted molar refractivity (Wildman–Crippen MR) is 74.9 cm³/mol. The highest BCUT2D eigenvalue weighted by atomic mass is 19.3. The number of hydrogen-bond acceptors (Lipinski definition) is 2. The molecule has 2 saturated heterocycles. The molecule has 3 atom stereocenters. The van der Waals surface area contributed by atoms with Crippen molar-refractivity contribution >= 4 is 5.91 Å². The third-order valence-corrected chi connectivity index (χ3v) is 5.09. The van der Waals surface area contributed by atoms with Gasteiger partial charge in [0.05, 0.1) is 6.04 Å². The summed E-state index contributed by atoms with van der Waals surface area (Å²) in [5.74, 6) is -0.367. The maximum absolute atomic E-state index is 13.5. The van der Waals surface area contributed by atoms with Gasteiger partial charge in [0.25, 0.3) is 6.43 Å². The van der Waals surface area contributed by atoms with Gasteiger partial charge in [0.1, 0.15) is 5.41 Å². The number of aryl methyl sites for hydroxylation is 1. The predicted octanol–water partition coefficient (Wildman–Crippen LogP) is 3.49. The van der Waals surface area contributed by atoms with Gasteiger partial charge in [0.2, 0.25) is 5.91 Å². The van der Waals surface area contributed by atoms with Gasteiger partial charge in [0, 0.05) is 18.4 Å². The standard InChI is InChI=1S/C16H20F2N2O/c1-3-16(14(17)18)7-12-4-5-13(20(12)15(16)21)11-6-10(2)8-19-9-11/h6,8-9,12-14H,3-5,7H2,1-2H3/t12-,13-,16+/m1/s1. The lowest BCUT2D eigenvalue weighted by Crippen LogP contribution is -2.40. The van der Waals surface area contributed by atoms with Crippen LogP contribution in [0.2, 0.25) is 0 Å². The van der Waals surface area contributed by atoms with Gasteiger partial charge in [-0.15, -0.1) is 0 Å². The van der Waals surface area contributed by atoms with Gasteiger partial charge in [-0.3, -0.25) is 9.78 Å². The number of halogens is 2. The number of hydrogen-bond donors (Lipinski definition) is 0. The maximum Gasteiger partial charge on any atom is 0.252 e. The molecule has 0 spiro atoms. The first kappa shape index (κ1) is 14.4. The average Bonchev–Trinajstić information content (AvgIpc) is 2.98. The number of fused-ring (bicyclic) bond motifs is 1. The number of rotatable bonds is 3. The SMILES string of the molecule is CC[C@@]1(C(F)F)C[C@H]2CC[C@H](c3cncc(C)c3)N2C1=O. The van der Waals surface area contributed by atoms with Crippen LogP contribution in [0.1, 0.15) is 49.8 Å². The van der Waals surface area contributed by atoms with Crippen LogP contribution in [0.3, 0.4) is 0 Å². The van der Waals surface area contributed by atoms with Crippen molar-refractivity contribution in [2.45, 2.75) is 58.0 Å². The second-order valence-corrected chi connectivity index (χ2v) is 6.27. The first-order valence-electron chi connectivity index (χ1n) is 7.52. The van der Waals surface area contributed by atoms with Gasteiger partial charge in [-0.1, -0.05) is 13.0 Å². The molecule has 0 aliphatic carbocycles. The summed E-state index contributed by atoms with van der Waals surface area (Å²) < 4.78 is 27.0. The fourth-order valence-corrected chi connectivity index (χ4v) is 3.88. The smallest absolute Gasteiger partial charge is 0.252 e. The molecule has 114 valence electrons. The number of pyridine rings is 1. The fraction of sp³-hybridized carbons (Fsp3) is 0.625. The topological polar surface area (TPSA) is 33.2 Å². The molecule has 2 aliphatic heterocycles. The van der Waals surface area contributed by atoms with Crippen LogP contribution in [0.5, 0.6) is 0 Å². The molecule has 1 aromatic rings. The van der Waals surface area contributed by atoms with Crippen molar-refractivity contribution in [3.8, 4) is 0 Å². The van der Waals surface area contributed by atoms with Crippen molar-refractivity contribution in [2.24, 2.45) is 5.41 Å². The zero-order valence-electron chi connectivity index (χ0n) is 12.4. The van der Waals surface area contributed by atoms with Crippen molar-refractivity contribution in [3.05, 3.63) is 29.6 Å². The first-order chi connectivity index (χ1) is 9.99. The summed E-state index contributed by atoms with van der Waals surface area (Å²) >= 11 is 0. The molecule has 1 amide bonds. The molecule has 2 aliphatic rings. The molecular formula is C16H20F2N2O. The largest absolute Gasteiger partial charge is 0.332 e. The van der Waals surface area contributed by atoms with Gasteiger partial charge in [-0.2, -0.15) is 0 Å². The summed E-state index contributed by atoms with van der Waals surface area (Å²) in [5, 5.41) is 0. The Bertz CT molecular complexity index is 563. The number of amides is 1. The van der Waals surface area contributed by atoms with E-state index in [1.165, 1.54) is 0 Å². The van der Waals surface area contributed by atoms with E-state index in [1.54, 1.807) is 24.2 Å². The van der Waals surface area contributed by atoms with E-state index in [9.17, 15) is 13.6 Å². The molecule has 0 N–H and O–H groups in total. The Kier molecular flexibility index (Phi) is 3.46. The van der Waals surface area contributed by atoms with Crippen molar-refractivity contribution in [3.63, 3.8) is 0 Å². The monoisotopic (exact) mass is 294 g/mol.